The molecule has 0 aliphatic carbocycles. The van der Waals surface area contributed by atoms with E-state index >= 15 is 0 Å². The van der Waals surface area contributed by atoms with Crippen molar-refractivity contribution in [3.05, 3.63) is 65.7 Å². The van der Waals surface area contributed by atoms with Gasteiger partial charge in [-0.15, -0.1) is 0 Å². The van der Waals surface area contributed by atoms with Crippen LogP contribution in [0.25, 0.3) is 0 Å². The zero-order chi connectivity index (χ0) is 16.5. The van der Waals surface area contributed by atoms with Crippen LogP contribution in [0.2, 0.25) is 0 Å². The van der Waals surface area contributed by atoms with Gasteiger partial charge in [0.1, 0.15) is 12.0 Å². The van der Waals surface area contributed by atoms with Gasteiger partial charge in [0.05, 0.1) is 0 Å². The molecule has 1 amide bonds. The van der Waals surface area contributed by atoms with Crippen molar-refractivity contribution >= 4 is 12.2 Å². The van der Waals surface area contributed by atoms with Crippen LogP contribution in [-0.2, 0) is 11.2 Å². The first-order valence-corrected chi connectivity index (χ1v) is 7.68. The molecule has 2 aromatic carbocycles. The number of nitrogens with one attached hydrogen (secondary N) is 1. The van der Waals surface area contributed by atoms with Crippen molar-refractivity contribution in [2.75, 3.05) is 6.61 Å². The molecular formula is C19H21NO3. The van der Waals surface area contributed by atoms with Gasteiger partial charge in [-0.05, 0) is 37.5 Å². The normalized spacial score (nSPS) is 11.5. The fourth-order valence-corrected chi connectivity index (χ4v) is 2.24. The van der Waals surface area contributed by atoms with E-state index < -0.39 is 0 Å². The molecule has 1 atom stereocenters. The van der Waals surface area contributed by atoms with Gasteiger partial charge in [-0.3, -0.25) is 9.59 Å². The van der Waals surface area contributed by atoms with E-state index in [0.29, 0.717) is 11.3 Å². The van der Waals surface area contributed by atoms with Gasteiger partial charge in [-0.2, -0.15) is 0 Å². The van der Waals surface area contributed by atoms with E-state index in [4.69, 9.17) is 4.74 Å². The van der Waals surface area contributed by atoms with Gasteiger partial charge in [0, 0.05) is 11.6 Å². The number of amides is 1. The summed E-state index contributed by atoms with van der Waals surface area (Å²) in [5.41, 5.74) is 1.79. The van der Waals surface area contributed by atoms with Crippen molar-refractivity contribution < 1.29 is 14.3 Å². The molecule has 0 unspecified atom stereocenters. The third-order valence-corrected chi connectivity index (χ3v) is 3.48. The van der Waals surface area contributed by atoms with E-state index in [2.05, 4.69) is 17.4 Å². The molecule has 2 aromatic rings. The van der Waals surface area contributed by atoms with Gasteiger partial charge < -0.3 is 10.1 Å². The molecule has 0 aromatic heterocycles. The van der Waals surface area contributed by atoms with Crippen molar-refractivity contribution in [2.24, 2.45) is 0 Å². The average Bonchev–Trinajstić information content (AvgIpc) is 2.59. The molecule has 0 aliphatic heterocycles. The second-order valence-corrected chi connectivity index (χ2v) is 5.47. The van der Waals surface area contributed by atoms with Gasteiger partial charge in [-0.25, -0.2) is 0 Å². The summed E-state index contributed by atoms with van der Waals surface area (Å²) in [6.45, 7) is 1.92. The number of carbonyl (C=O) groups excluding carboxylic acids is 2. The lowest BCUT2D eigenvalue weighted by atomic mass is 10.1. The molecule has 23 heavy (non-hydrogen) atoms. The molecule has 120 valence electrons. The van der Waals surface area contributed by atoms with Crippen molar-refractivity contribution in [1.29, 1.82) is 0 Å². The van der Waals surface area contributed by atoms with Crippen molar-refractivity contribution in [3.63, 3.8) is 0 Å². The zero-order valence-corrected chi connectivity index (χ0v) is 13.2. The van der Waals surface area contributed by atoms with E-state index in [1.54, 1.807) is 24.3 Å². The summed E-state index contributed by atoms with van der Waals surface area (Å²) in [4.78, 5) is 22.6. The third kappa shape index (κ3) is 5.94. The molecule has 0 saturated carbocycles. The van der Waals surface area contributed by atoms with Crippen LogP contribution in [0, 0.1) is 0 Å². The van der Waals surface area contributed by atoms with Gasteiger partial charge in [0.25, 0.3) is 5.91 Å². The summed E-state index contributed by atoms with van der Waals surface area (Å²) in [6.07, 6.45) is 2.54. The van der Waals surface area contributed by atoms with Gasteiger partial charge in [-0.1, -0.05) is 42.5 Å². The quantitative estimate of drug-likeness (QED) is 0.762. The summed E-state index contributed by atoms with van der Waals surface area (Å²) in [6, 6.07) is 17.0. The minimum atomic E-state index is -0.165. The zero-order valence-electron chi connectivity index (χ0n) is 13.2. The van der Waals surface area contributed by atoms with E-state index in [0.717, 1.165) is 19.1 Å². The predicted octanol–water partition coefficient (Wildman–Crippen LogP) is 3.02. The lowest BCUT2D eigenvalue weighted by Gasteiger charge is -2.14. The fraction of sp³-hybridized carbons (Fsp3) is 0.263. The Morgan fingerprint density at radius 3 is 2.70 bits per heavy atom. The minimum Gasteiger partial charge on any atom is -0.484 e. The van der Waals surface area contributed by atoms with Crippen LogP contribution in [0.5, 0.6) is 5.75 Å². The number of hydrogen-bond donors (Lipinski definition) is 1. The Kier molecular flexibility index (Phi) is 6.36. The molecular weight excluding hydrogens is 290 g/mol. The van der Waals surface area contributed by atoms with Crippen LogP contribution in [-0.4, -0.2) is 24.8 Å². The summed E-state index contributed by atoms with van der Waals surface area (Å²) < 4.78 is 5.40. The monoisotopic (exact) mass is 311 g/mol. The predicted molar refractivity (Wildman–Crippen MR) is 89.7 cm³/mol. The SMILES string of the molecule is C[C@H](CCc1ccccc1)NC(=O)COc1cccc(C=O)c1. The smallest absolute Gasteiger partial charge is 0.258 e. The Labute approximate surface area is 136 Å². The van der Waals surface area contributed by atoms with E-state index in [-0.39, 0.29) is 18.6 Å². The largest absolute Gasteiger partial charge is 0.484 e. The molecule has 0 radical (unpaired) electrons. The topological polar surface area (TPSA) is 55.4 Å². The Bertz CT molecular complexity index is 640. The molecule has 0 spiro atoms. The number of ether oxygens (including phenoxy) is 1. The fourth-order valence-electron chi connectivity index (χ4n) is 2.24. The number of aldehydes is 1. The molecule has 0 fully saturated rings. The van der Waals surface area contributed by atoms with Crippen LogP contribution in [0.3, 0.4) is 0 Å². The summed E-state index contributed by atoms with van der Waals surface area (Å²) in [5, 5.41) is 2.92. The van der Waals surface area contributed by atoms with Crippen LogP contribution >= 0.6 is 0 Å². The third-order valence-electron chi connectivity index (χ3n) is 3.48. The summed E-state index contributed by atoms with van der Waals surface area (Å²) >= 11 is 0. The lowest BCUT2D eigenvalue weighted by Crippen LogP contribution is -2.36. The molecule has 0 heterocycles. The minimum absolute atomic E-state index is 0.0576. The Balaban J connectivity index is 1.72. The van der Waals surface area contributed by atoms with Crippen LogP contribution in [0.15, 0.2) is 54.6 Å². The van der Waals surface area contributed by atoms with E-state index in [1.807, 2.05) is 25.1 Å². The van der Waals surface area contributed by atoms with Crippen molar-refractivity contribution in [2.45, 2.75) is 25.8 Å². The van der Waals surface area contributed by atoms with Gasteiger partial charge in [0.15, 0.2) is 6.61 Å². The van der Waals surface area contributed by atoms with Gasteiger partial charge >= 0.3 is 0 Å². The van der Waals surface area contributed by atoms with Crippen LogP contribution in [0.4, 0.5) is 0 Å². The maximum Gasteiger partial charge on any atom is 0.258 e. The van der Waals surface area contributed by atoms with Crippen LogP contribution in [0.1, 0.15) is 29.3 Å². The average molecular weight is 311 g/mol. The highest BCUT2D eigenvalue weighted by molar-refractivity contribution is 5.78. The van der Waals surface area contributed by atoms with Gasteiger partial charge in [0.2, 0.25) is 0 Å². The summed E-state index contributed by atoms with van der Waals surface area (Å²) in [7, 11) is 0. The Hall–Kier alpha value is -2.62. The van der Waals surface area contributed by atoms with Crippen LogP contribution < -0.4 is 10.1 Å². The molecule has 4 heteroatoms. The number of aryl methyl sites for hydroxylation is 1. The number of hydrogen-bond acceptors (Lipinski definition) is 3. The standard InChI is InChI=1S/C19H21NO3/c1-15(10-11-16-6-3-2-4-7-16)20-19(22)14-23-18-9-5-8-17(12-18)13-21/h2-9,12-13,15H,10-11,14H2,1H3,(H,20,22)/t15-/m1/s1. The Morgan fingerprint density at radius 2 is 1.96 bits per heavy atom. The Morgan fingerprint density at radius 1 is 1.17 bits per heavy atom. The summed E-state index contributed by atoms with van der Waals surface area (Å²) in [5.74, 6) is 0.351. The number of carbonyl (C=O) groups is 2. The highest BCUT2D eigenvalue weighted by Crippen LogP contribution is 2.11. The molecule has 0 bridgehead atoms. The highest BCUT2D eigenvalue weighted by atomic mass is 16.5. The second kappa shape index (κ2) is 8.73. The molecule has 4 nitrogen and oxygen atoms in total. The molecule has 0 saturated heterocycles. The first-order chi connectivity index (χ1) is 11.2. The number of benzene rings is 2. The maximum absolute atomic E-state index is 11.9. The van der Waals surface area contributed by atoms with E-state index in [1.165, 1.54) is 5.56 Å². The molecule has 1 N–H and O–H groups in total. The molecule has 0 aliphatic rings. The lowest BCUT2D eigenvalue weighted by molar-refractivity contribution is -0.123. The first-order valence-electron chi connectivity index (χ1n) is 7.68. The van der Waals surface area contributed by atoms with E-state index in [9.17, 15) is 9.59 Å². The maximum atomic E-state index is 11.9. The first kappa shape index (κ1) is 16.7. The highest BCUT2D eigenvalue weighted by Gasteiger charge is 2.08. The van der Waals surface area contributed by atoms with Crippen molar-refractivity contribution in [3.8, 4) is 5.75 Å². The molecule has 2 rings (SSSR count). The second-order valence-electron chi connectivity index (χ2n) is 5.47. The number of rotatable bonds is 8. The van der Waals surface area contributed by atoms with Crippen molar-refractivity contribution in [1.82, 2.24) is 5.32 Å².